The van der Waals surface area contributed by atoms with Gasteiger partial charge in [-0.25, -0.2) is 0 Å². The van der Waals surface area contributed by atoms with E-state index in [0.717, 1.165) is 17.8 Å². The third-order valence-electron chi connectivity index (χ3n) is 2.73. The lowest BCUT2D eigenvalue weighted by molar-refractivity contribution is 0.363. The molecular formula is C21H33NOS. The van der Waals surface area contributed by atoms with Crippen LogP contribution in [0.15, 0.2) is 66.5 Å². The van der Waals surface area contributed by atoms with Crippen LogP contribution in [0.1, 0.15) is 40.2 Å². The Morgan fingerprint density at radius 1 is 1.12 bits per heavy atom. The first-order valence-electron chi connectivity index (χ1n) is 8.49. The van der Waals surface area contributed by atoms with Gasteiger partial charge in [0, 0.05) is 20.5 Å². The maximum atomic E-state index is 5.76. The molecular weight excluding hydrogens is 314 g/mol. The van der Waals surface area contributed by atoms with Crippen molar-refractivity contribution in [2.24, 2.45) is 0 Å². The van der Waals surface area contributed by atoms with Gasteiger partial charge >= 0.3 is 0 Å². The number of allylic oxidation sites excluding steroid dienone is 4. The highest BCUT2D eigenvalue weighted by Crippen LogP contribution is 2.18. The predicted octanol–water partition coefficient (Wildman–Crippen LogP) is 6.16. The lowest BCUT2D eigenvalue weighted by Crippen LogP contribution is -2.22. The van der Waals surface area contributed by atoms with E-state index in [-0.39, 0.29) is 0 Å². The number of hydrogen-bond donors (Lipinski definition) is 0. The van der Waals surface area contributed by atoms with Crippen LogP contribution in [0.5, 0.6) is 0 Å². The molecule has 3 heteroatoms. The summed E-state index contributed by atoms with van der Waals surface area (Å²) in [7, 11) is 3.72. The van der Waals surface area contributed by atoms with Crippen LogP contribution in [0.2, 0.25) is 0 Å². The highest BCUT2D eigenvalue weighted by Gasteiger charge is 2.10. The summed E-state index contributed by atoms with van der Waals surface area (Å²) in [6.07, 6.45) is 6.39. The molecule has 0 N–H and O–H groups in total. The van der Waals surface area contributed by atoms with Crippen LogP contribution in [-0.4, -0.2) is 24.2 Å². The molecule has 0 atom stereocenters. The predicted molar refractivity (Wildman–Crippen MR) is 112 cm³/mol. The van der Waals surface area contributed by atoms with Crippen molar-refractivity contribution in [1.82, 2.24) is 4.90 Å². The van der Waals surface area contributed by atoms with Gasteiger partial charge in [-0.15, -0.1) is 0 Å². The molecule has 0 spiro atoms. The van der Waals surface area contributed by atoms with Crippen LogP contribution in [-0.2, 0) is 11.2 Å². The van der Waals surface area contributed by atoms with Gasteiger partial charge in [-0.3, -0.25) is 0 Å². The zero-order valence-electron chi connectivity index (χ0n) is 16.3. The Morgan fingerprint density at radius 2 is 1.67 bits per heavy atom. The van der Waals surface area contributed by atoms with E-state index in [0.29, 0.717) is 5.17 Å². The SMILES string of the molecule is C=C/C=C(OC(=S)N(C)C)\C(=C/C)Cc1ccccc1.CC.CC. The van der Waals surface area contributed by atoms with Crippen molar-refractivity contribution in [2.75, 3.05) is 14.1 Å². The number of thiocarbonyl (C=S) groups is 1. The van der Waals surface area contributed by atoms with E-state index in [1.54, 1.807) is 11.0 Å². The molecule has 1 rings (SSSR count). The van der Waals surface area contributed by atoms with Crippen molar-refractivity contribution in [3.05, 3.63) is 72.0 Å². The Morgan fingerprint density at radius 3 is 2.08 bits per heavy atom. The molecule has 0 amide bonds. The Balaban J connectivity index is 0. The summed E-state index contributed by atoms with van der Waals surface area (Å²) in [4.78, 5) is 1.77. The molecule has 24 heavy (non-hydrogen) atoms. The molecule has 0 saturated heterocycles. The normalized spacial score (nSPS) is 10.5. The van der Waals surface area contributed by atoms with E-state index >= 15 is 0 Å². The molecule has 0 fully saturated rings. The maximum Gasteiger partial charge on any atom is 0.264 e. The standard InChI is InChI=1S/C17H21NOS.2C2H6/c1-5-10-16(19-17(20)18(3)4)15(6-2)13-14-11-8-7-9-12-14;2*1-2/h5-12H,1,13H2,2-4H3;2*1-2H3/b15-6-,16-10+;;. The van der Waals surface area contributed by atoms with Crippen LogP contribution >= 0.6 is 12.2 Å². The first-order valence-corrected chi connectivity index (χ1v) is 8.90. The summed E-state index contributed by atoms with van der Waals surface area (Å²) in [6.45, 7) is 13.7. The summed E-state index contributed by atoms with van der Waals surface area (Å²) >= 11 is 5.20. The minimum atomic E-state index is 0.436. The molecule has 2 nitrogen and oxygen atoms in total. The first kappa shape index (κ1) is 24.4. The second-order valence-corrected chi connectivity index (χ2v) is 4.85. The van der Waals surface area contributed by atoms with Crippen molar-refractivity contribution in [3.63, 3.8) is 0 Å². The van der Waals surface area contributed by atoms with E-state index in [4.69, 9.17) is 17.0 Å². The molecule has 0 unspecified atom stereocenters. The minimum absolute atomic E-state index is 0.436. The molecule has 0 radical (unpaired) electrons. The number of benzene rings is 1. The molecule has 0 aromatic heterocycles. The minimum Gasteiger partial charge on any atom is -0.432 e. The van der Waals surface area contributed by atoms with Gasteiger partial charge < -0.3 is 9.64 Å². The van der Waals surface area contributed by atoms with Crippen LogP contribution in [0.4, 0.5) is 0 Å². The van der Waals surface area contributed by atoms with Crippen molar-refractivity contribution in [3.8, 4) is 0 Å². The Hall–Kier alpha value is -1.87. The number of rotatable bonds is 5. The van der Waals surface area contributed by atoms with Crippen molar-refractivity contribution >= 4 is 17.4 Å². The van der Waals surface area contributed by atoms with E-state index in [9.17, 15) is 0 Å². The second-order valence-electron chi connectivity index (χ2n) is 4.51. The van der Waals surface area contributed by atoms with E-state index in [1.165, 1.54) is 5.56 Å². The zero-order chi connectivity index (χ0) is 19.0. The Bertz CT molecular complexity index is 516. The molecule has 0 bridgehead atoms. The average molecular weight is 348 g/mol. The molecule has 0 aliphatic heterocycles. The van der Waals surface area contributed by atoms with Crippen molar-refractivity contribution < 1.29 is 4.74 Å². The van der Waals surface area contributed by atoms with Crippen molar-refractivity contribution in [1.29, 1.82) is 0 Å². The monoisotopic (exact) mass is 347 g/mol. The Labute approximate surface area is 154 Å². The van der Waals surface area contributed by atoms with E-state index < -0.39 is 0 Å². The van der Waals surface area contributed by atoms with Crippen LogP contribution in [0.3, 0.4) is 0 Å². The maximum absolute atomic E-state index is 5.76. The second kappa shape index (κ2) is 16.0. The van der Waals surface area contributed by atoms with Gasteiger partial charge in [0.25, 0.3) is 5.17 Å². The highest BCUT2D eigenvalue weighted by molar-refractivity contribution is 7.80. The summed E-state index contributed by atoms with van der Waals surface area (Å²) < 4.78 is 5.76. The van der Waals surface area contributed by atoms with Gasteiger partial charge in [0.1, 0.15) is 5.76 Å². The summed E-state index contributed by atoms with van der Waals surface area (Å²) in [6, 6.07) is 10.3. The smallest absolute Gasteiger partial charge is 0.264 e. The molecule has 0 aliphatic rings. The fourth-order valence-electron chi connectivity index (χ4n) is 1.65. The lowest BCUT2D eigenvalue weighted by Gasteiger charge is -2.18. The van der Waals surface area contributed by atoms with Gasteiger partial charge in [0.2, 0.25) is 0 Å². The average Bonchev–Trinajstić information content (AvgIpc) is 2.63. The van der Waals surface area contributed by atoms with Gasteiger partial charge in [0.15, 0.2) is 0 Å². The van der Waals surface area contributed by atoms with Gasteiger partial charge in [0.05, 0.1) is 0 Å². The van der Waals surface area contributed by atoms with Crippen molar-refractivity contribution in [2.45, 2.75) is 41.0 Å². The van der Waals surface area contributed by atoms with Crippen LogP contribution in [0, 0.1) is 0 Å². The molecule has 1 aromatic rings. The zero-order valence-corrected chi connectivity index (χ0v) is 17.1. The van der Waals surface area contributed by atoms with E-state index in [1.807, 2.05) is 79.1 Å². The summed E-state index contributed by atoms with van der Waals surface area (Å²) in [5.74, 6) is 0.741. The third-order valence-corrected chi connectivity index (χ3v) is 3.18. The fourth-order valence-corrected chi connectivity index (χ4v) is 1.74. The number of hydrogen-bond acceptors (Lipinski definition) is 2. The fraction of sp³-hybridized carbons (Fsp3) is 0.381. The Kier molecular flexibility index (Phi) is 16.3. The number of ether oxygens (including phenoxy) is 1. The molecule has 0 heterocycles. The third kappa shape index (κ3) is 10.0. The highest BCUT2D eigenvalue weighted by atomic mass is 32.1. The molecule has 1 aromatic carbocycles. The van der Waals surface area contributed by atoms with Crippen LogP contribution in [0.25, 0.3) is 0 Å². The molecule has 0 aliphatic carbocycles. The van der Waals surface area contributed by atoms with E-state index in [2.05, 4.69) is 18.7 Å². The van der Waals surface area contributed by atoms with Gasteiger partial charge in [-0.2, -0.15) is 0 Å². The molecule has 134 valence electrons. The largest absolute Gasteiger partial charge is 0.432 e. The topological polar surface area (TPSA) is 12.5 Å². The van der Waals surface area contributed by atoms with Crippen LogP contribution < -0.4 is 0 Å². The quantitative estimate of drug-likeness (QED) is 0.359. The van der Waals surface area contributed by atoms with Gasteiger partial charge in [-0.05, 0) is 36.4 Å². The lowest BCUT2D eigenvalue weighted by atomic mass is 10.0. The van der Waals surface area contributed by atoms with Gasteiger partial charge in [-0.1, -0.05) is 76.8 Å². The number of nitrogens with zero attached hydrogens (tertiary/aromatic N) is 1. The summed E-state index contributed by atoms with van der Waals surface area (Å²) in [5.41, 5.74) is 2.32. The summed E-state index contributed by atoms with van der Waals surface area (Å²) in [5, 5.41) is 0.436. The molecule has 0 saturated carbocycles. The first-order chi connectivity index (χ1) is 11.6.